The SMILES string of the molecule is CC[C@@]12CCC3(O1)C(C(=O)Nc1c(C)cccc1Cl)N(CCCCCCO)C(=O)[C@@H]3[C@@H]2C(=O)NC. The van der Waals surface area contributed by atoms with E-state index < -0.39 is 29.1 Å². The first-order valence-corrected chi connectivity index (χ1v) is 13.0. The number of aryl methyl sites for hydroxylation is 1. The van der Waals surface area contributed by atoms with Gasteiger partial charge in [-0.15, -0.1) is 0 Å². The average molecular weight is 506 g/mol. The van der Waals surface area contributed by atoms with Crippen LogP contribution < -0.4 is 10.6 Å². The summed E-state index contributed by atoms with van der Waals surface area (Å²) in [5.41, 5.74) is -0.444. The van der Waals surface area contributed by atoms with Gasteiger partial charge in [-0.25, -0.2) is 0 Å². The van der Waals surface area contributed by atoms with Crippen LogP contribution in [0.4, 0.5) is 5.69 Å². The Hall–Kier alpha value is -2.16. The van der Waals surface area contributed by atoms with Crippen molar-refractivity contribution in [3.05, 3.63) is 28.8 Å². The van der Waals surface area contributed by atoms with E-state index in [4.69, 9.17) is 21.4 Å². The summed E-state index contributed by atoms with van der Waals surface area (Å²) in [4.78, 5) is 42.5. The Morgan fingerprint density at radius 1 is 1.20 bits per heavy atom. The van der Waals surface area contributed by atoms with Gasteiger partial charge >= 0.3 is 0 Å². The predicted molar refractivity (Wildman–Crippen MR) is 133 cm³/mol. The van der Waals surface area contributed by atoms with E-state index in [1.54, 1.807) is 18.0 Å². The lowest BCUT2D eigenvalue weighted by atomic mass is 9.65. The molecule has 3 fully saturated rings. The molecule has 0 aromatic heterocycles. The summed E-state index contributed by atoms with van der Waals surface area (Å²) in [6, 6.07) is 4.55. The number of unbranched alkanes of at least 4 members (excludes halogenated alkanes) is 3. The number of carbonyl (C=O) groups excluding carboxylic acids is 3. The van der Waals surface area contributed by atoms with Gasteiger partial charge in [-0.1, -0.05) is 43.5 Å². The van der Waals surface area contributed by atoms with Crippen LogP contribution in [0.5, 0.6) is 0 Å². The van der Waals surface area contributed by atoms with Crippen molar-refractivity contribution in [3.63, 3.8) is 0 Å². The van der Waals surface area contributed by atoms with Crippen molar-refractivity contribution >= 4 is 35.0 Å². The molecule has 3 amide bonds. The number of para-hydroxylation sites is 1. The standard InChI is InChI=1S/C26H36ClN3O5/c1-4-25-12-13-26(35-25)19(18(25)22(32)28-3)24(34)30(14-7-5-6-8-15-31)21(26)23(33)29-20-16(2)10-9-11-17(20)27/h9-11,18-19,21,31H,4-8,12-15H2,1-3H3,(H,28,32)(H,29,33)/t18-,19+,21?,25+,26?/m1/s1. The molecule has 0 saturated carbocycles. The van der Waals surface area contributed by atoms with Crippen molar-refractivity contribution in [2.24, 2.45) is 11.8 Å². The van der Waals surface area contributed by atoms with Crippen molar-refractivity contribution in [2.75, 3.05) is 25.5 Å². The molecule has 35 heavy (non-hydrogen) atoms. The van der Waals surface area contributed by atoms with Crippen LogP contribution in [0.2, 0.25) is 5.02 Å². The first kappa shape index (κ1) is 25.9. The molecule has 0 aliphatic carbocycles. The van der Waals surface area contributed by atoms with E-state index in [0.29, 0.717) is 49.4 Å². The van der Waals surface area contributed by atoms with Crippen LogP contribution in [0.25, 0.3) is 0 Å². The molecule has 1 spiro atoms. The zero-order valence-corrected chi connectivity index (χ0v) is 21.5. The van der Waals surface area contributed by atoms with Crippen molar-refractivity contribution in [1.82, 2.24) is 10.2 Å². The van der Waals surface area contributed by atoms with Crippen LogP contribution in [-0.2, 0) is 19.1 Å². The highest BCUT2D eigenvalue weighted by Crippen LogP contribution is 2.64. The minimum atomic E-state index is -1.05. The van der Waals surface area contributed by atoms with Crippen LogP contribution in [0.3, 0.4) is 0 Å². The molecule has 192 valence electrons. The molecule has 1 aromatic carbocycles. The van der Waals surface area contributed by atoms with E-state index in [2.05, 4.69) is 10.6 Å². The summed E-state index contributed by atoms with van der Waals surface area (Å²) in [5, 5.41) is 15.2. The number of halogens is 1. The molecule has 3 heterocycles. The van der Waals surface area contributed by atoms with Crippen LogP contribution in [-0.4, -0.2) is 65.2 Å². The number of aliphatic hydroxyl groups is 1. The highest BCUT2D eigenvalue weighted by atomic mass is 35.5. The first-order valence-electron chi connectivity index (χ1n) is 12.7. The van der Waals surface area contributed by atoms with Crippen LogP contribution in [0, 0.1) is 18.8 Å². The summed E-state index contributed by atoms with van der Waals surface area (Å²) in [6.45, 7) is 4.37. The fraction of sp³-hybridized carbons (Fsp3) is 0.654. The first-order chi connectivity index (χ1) is 16.8. The number of rotatable bonds is 10. The van der Waals surface area contributed by atoms with Gasteiger partial charge in [0.25, 0.3) is 0 Å². The molecule has 3 N–H and O–H groups in total. The van der Waals surface area contributed by atoms with Crippen LogP contribution >= 0.6 is 11.6 Å². The molecule has 0 radical (unpaired) electrons. The van der Waals surface area contributed by atoms with Crippen molar-refractivity contribution in [3.8, 4) is 0 Å². The fourth-order valence-corrected chi connectivity index (χ4v) is 6.81. The average Bonchev–Trinajstić information content (AvgIpc) is 3.44. The van der Waals surface area contributed by atoms with Crippen molar-refractivity contribution < 1.29 is 24.2 Å². The molecule has 3 aliphatic heterocycles. The van der Waals surface area contributed by atoms with Gasteiger partial charge in [-0.05, 0) is 50.7 Å². The monoisotopic (exact) mass is 505 g/mol. The third-order valence-electron chi connectivity index (χ3n) is 8.24. The molecule has 2 bridgehead atoms. The number of ether oxygens (including phenoxy) is 1. The van der Waals surface area contributed by atoms with Gasteiger partial charge in [0.2, 0.25) is 17.7 Å². The van der Waals surface area contributed by atoms with Crippen LogP contribution in [0.1, 0.15) is 57.4 Å². The third kappa shape index (κ3) is 4.13. The van der Waals surface area contributed by atoms with Crippen molar-refractivity contribution in [1.29, 1.82) is 0 Å². The minimum Gasteiger partial charge on any atom is -0.396 e. The number of aliphatic hydroxyl groups excluding tert-OH is 1. The Kier molecular flexibility index (Phi) is 7.46. The second-order valence-corrected chi connectivity index (χ2v) is 10.4. The summed E-state index contributed by atoms with van der Waals surface area (Å²) in [7, 11) is 1.58. The lowest BCUT2D eigenvalue weighted by Gasteiger charge is -2.34. The number of fused-ring (bicyclic) bond motifs is 1. The molecule has 4 rings (SSSR count). The van der Waals surface area contributed by atoms with Gasteiger partial charge in [0.15, 0.2) is 0 Å². The maximum absolute atomic E-state index is 13.9. The maximum Gasteiger partial charge on any atom is 0.250 e. The van der Waals surface area contributed by atoms with E-state index in [-0.39, 0.29) is 24.3 Å². The van der Waals surface area contributed by atoms with Gasteiger partial charge in [0.05, 0.1) is 28.1 Å². The Labute approximate surface area is 211 Å². The van der Waals surface area contributed by atoms with E-state index in [1.807, 2.05) is 26.0 Å². The van der Waals surface area contributed by atoms with Gasteiger partial charge in [-0.3, -0.25) is 14.4 Å². The second kappa shape index (κ2) is 10.1. The van der Waals surface area contributed by atoms with Crippen molar-refractivity contribution in [2.45, 2.75) is 76.0 Å². The molecule has 9 heteroatoms. The zero-order valence-electron chi connectivity index (χ0n) is 20.7. The minimum absolute atomic E-state index is 0.136. The number of carbonyl (C=O) groups is 3. The molecule has 1 aromatic rings. The number of hydrogen-bond acceptors (Lipinski definition) is 5. The predicted octanol–water partition coefficient (Wildman–Crippen LogP) is 3.04. The van der Waals surface area contributed by atoms with E-state index in [9.17, 15) is 14.4 Å². The smallest absolute Gasteiger partial charge is 0.250 e. The summed E-state index contributed by atoms with van der Waals surface area (Å²) >= 11 is 6.39. The topological polar surface area (TPSA) is 108 Å². The summed E-state index contributed by atoms with van der Waals surface area (Å²) in [5.74, 6) is -2.06. The molecule has 2 unspecified atom stereocenters. The molecule has 3 saturated heterocycles. The number of benzene rings is 1. The number of amides is 3. The molecule has 8 nitrogen and oxygen atoms in total. The Balaban J connectivity index is 1.70. The van der Waals surface area contributed by atoms with Gasteiger partial charge < -0.3 is 25.4 Å². The number of hydrogen-bond donors (Lipinski definition) is 3. The normalized spacial score (nSPS) is 31.1. The number of nitrogens with zero attached hydrogens (tertiary/aromatic N) is 1. The molecule has 5 atom stereocenters. The van der Waals surface area contributed by atoms with E-state index >= 15 is 0 Å². The highest BCUT2D eigenvalue weighted by Gasteiger charge is 2.78. The number of likely N-dealkylation sites (tertiary alicyclic amines) is 1. The fourth-order valence-electron chi connectivity index (χ4n) is 6.54. The number of anilines is 1. The van der Waals surface area contributed by atoms with E-state index in [1.165, 1.54) is 0 Å². The molecular weight excluding hydrogens is 470 g/mol. The maximum atomic E-state index is 13.9. The number of nitrogens with one attached hydrogen (secondary N) is 2. The van der Waals surface area contributed by atoms with E-state index in [0.717, 1.165) is 18.4 Å². The Bertz CT molecular complexity index is 983. The molecule has 3 aliphatic rings. The second-order valence-electron chi connectivity index (χ2n) is 10.0. The zero-order chi connectivity index (χ0) is 25.4. The van der Waals surface area contributed by atoms with Gasteiger partial charge in [0, 0.05) is 20.2 Å². The third-order valence-corrected chi connectivity index (χ3v) is 8.55. The lowest BCUT2D eigenvalue weighted by Crippen LogP contribution is -2.53. The highest BCUT2D eigenvalue weighted by molar-refractivity contribution is 6.34. The van der Waals surface area contributed by atoms with Crippen LogP contribution in [0.15, 0.2) is 18.2 Å². The summed E-state index contributed by atoms with van der Waals surface area (Å²) in [6.07, 6.45) is 4.85. The largest absolute Gasteiger partial charge is 0.396 e. The molecular formula is C26H36ClN3O5. The van der Waals surface area contributed by atoms with Gasteiger partial charge in [0.1, 0.15) is 11.6 Å². The quantitative estimate of drug-likeness (QED) is 0.424. The van der Waals surface area contributed by atoms with Gasteiger partial charge in [-0.2, -0.15) is 0 Å². The Morgan fingerprint density at radius 3 is 2.60 bits per heavy atom. The summed E-state index contributed by atoms with van der Waals surface area (Å²) < 4.78 is 6.68. The Morgan fingerprint density at radius 2 is 1.94 bits per heavy atom. The lowest BCUT2D eigenvalue weighted by molar-refractivity contribution is -0.145.